The molecule has 0 saturated heterocycles. The lowest BCUT2D eigenvalue weighted by Crippen LogP contribution is -2.42. The number of rotatable bonds is 6. The van der Waals surface area contributed by atoms with E-state index in [1.807, 2.05) is 0 Å². The lowest BCUT2D eigenvalue weighted by Gasteiger charge is -2.22. The first-order valence-corrected chi connectivity index (χ1v) is 7.34. The highest BCUT2D eigenvalue weighted by Crippen LogP contribution is 2.16. The number of sulfone groups is 1. The van der Waals surface area contributed by atoms with Gasteiger partial charge in [0.25, 0.3) is 0 Å². The van der Waals surface area contributed by atoms with Crippen LogP contribution in [0.4, 0.5) is 13.2 Å². The zero-order valence-corrected chi connectivity index (χ0v) is 11.4. The molecule has 0 spiro atoms. The molecule has 0 aromatic heterocycles. The van der Waals surface area contributed by atoms with Crippen molar-refractivity contribution in [1.82, 2.24) is 4.90 Å². The van der Waals surface area contributed by atoms with E-state index in [0.717, 1.165) is 0 Å². The summed E-state index contributed by atoms with van der Waals surface area (Å²) in [6, 6.07) is 0. The molecule has 0 rings (SSSR count). The van der Waals surface area contributed by atoms with Gasteiger partial charge in [0.05, 0.1) is 5.75 Å². The van der Waals surface area contributed by atoms with Crippen LogP contribution in [0.15, 0.2) is 0 Å². The van der Waals surface area contributed by atoms with Gasteiger partial charge in [-0.05, 0) is 12.8 Å². The average molecular weight is 289 g/mol. The van der Waals surface area contributed by atoms with E-state index in [2.05, 4.69) is 0 Å². The van der Waals surface area contributed by atoms with Gasteiger partial charge in [0.15, 0.2) is 9.84 Å². The van der Waals surface area contributed by atoms with Gasteiger partial charge in [-0.3, -0.25) is 4.79 Å². The highest BCUT2D eigenvalue weighted by Gasteiger charge is 2.33. The van der Waals surface area contributed by atoms with Crippen LogP contribution in [0.5, 0.6) is 0 Å². The van der Waals surface area contributed by atoms with E-state index in [0.29, 0.717) is 4.90 Å². The Balaban J connectivity index is 4.64. The Morgan fingerprint density at radius 2 is 1.78 bits per heavy atom. The third kappa shape index (κ3) is 7.52. The predicted molar refractivity (Wildman–Crippen MR) is 61.8 cm³/mol. The number of hydrogen-bond donors (Lipinski definition) is 0. The van der Waals surface area contributed by atoms with Crippen molar-refractivity contribution in [2.75, 3.05) is 24.6 Å². The molecule has 0 fully saturated rings. The maximum atomic E-state index is 12.2. The van der Waals surface area contributed by atoms with Gasteiger partial charge in [0.2, 0.25) is 5.91 Å². The van der Waals surface area contributed by atoms with E-state index in [-0.39, 0.29) is 18.2 Å². The van der Waals surface area contributed by atoms with Gasteiger partial charge in [0.1, 0.15) is 12.3 Å². The number of amides is 1. The molecule has 0 atom stereocenters. The molecule has 0 N–H and O–H groups in total. The maximum absolute atomic E-state index is 12.2. The van der Waals surface area contributed by atoms with Crippen molar-refractivity contribution >= 4 is 15.7 Å². The fraction of sp³-hybridized carbons (Fsp3) is 0.900. The SMILES string of the molecule is CCN(CC(F)(F)F)C(=O)CS(=O)(=O)CC(C)C. The van der Waals surface area contributed by atoms with E-state index in [1.165, 1.54) is 6.92 Å². The van der Waals surface area contributed by atoms with Crippen LogP contribution in [-0.2, 0) is 14.6 Å². The van der Waals surface area contributed by atoms with E-state index >= 15 is 0 Å². The van der Waals surface area contributed by atoms with Crippen molar-refractivity contribution in [2.24, 2.45) is 5.92 Å². The van der Waals surface area contributed by atoms with Crippen molar-refractivity contribution < 1.29 is 26.4 Å². The second-order valence-electron chi connectivity index (χ2n) is 4.47. The minimum Gasteiger partial charge on any atom is -0.333 e. The second kappa shape index (κ2) is 6.40. The molecule has 0 radical (unpaired) electrons. The molecule has 0 aromatic carbocycles. The van der Waals surface area contributed by atoms with E-state index in [9.17, 15) is 26.4 Å². The number of hydrogen-bond acceptors (Lipinski definition) is 3. The summed E-state index contributed by atoms with van der Waals surface area (Å²) in [5.74, 6) is -2.24. The molecule has 0 aliphatic heterocycles. The topological polar surface area (TPSA) is 54.5 Å². The molecule has 0 unspecified atom stereocenters. The third-order valence-corrected chi connectivity index (χ3v) is 3.90. The summed E-state index contributed by atoms with van der Waals surface area (Å²) < 4.78 is 59.5. The largest absolute Gasteiger partial charge is 0.406 e. The Hall–Kier alpha value is -0.790. The minimum absolute atomic E-state index is 0.166. The number of alkyl halides is 3. The zero-order valence-electron chi connectivity index (χ0n) is 10.6. The van der Waals surface area contributed by atoms with Crippen LogP contribution in [0.3, 0.4) is 0 Å². The number of nitrogens with zero attached hydrogens (tertiary/aromatic N) is 1. The van der Waals surface area contributed by atoms with Gasteiger partial charge in [-0.1, -0.05) is 13.8 Å². The molecule has 108 valence electrons. The normalized spacial score (nSPS) is 12.8. The highest BCUT2D eigenvalue weighted by atomic mass is 32.2. The first-order valence-electron chi connectivity index (χ1n) is 5.51. The first-order chi connectivity index (χ1) is 7.97. The molecule has 1 amide bonds. The van der Waals surface area contributed by atoms with E-state index in [1.54, 1.807) is 13.8 Å². The fourth-order valence-electron chi connectivity index (χ4n) is 1.44. The molecule has 0 bridgehead atoms. The van der Waals surface area contributed by atoms with Crippen LogP contribution >= 0.6 is 0 Å². The summed E-state index contributed by atoms with van der Waals surface area (Å²) in [5, 5.41) is 0. The van der Waals surface area contributed by atoms with Crippen molar-refractivity contribution in [3.8, 4) is 0 Å². The van der Waals surface area contributed by atoms with E-state index < -0.39 is 34.2 Å². The Bertz CT molecular complexity index is 376. The Morgan fingerprint density at radius 1 is 1.28 bits per heavy atom. The summed E-state index contributed by atoms with van der Waals surface area (Å²) in [6.45, 7) is 3.11. The van der Waals surface area contributed by atoms with Crippen LogP contribution in [0.2, 0.25) is 0 Å². The smallest absolute Gasteiger partial charge is 0.333 e. The van der Waals surface area contributed by atoms with Crippen molar-refractivity contribution in [3.05, 3.63) is 0 Å². The molecular weight excluding hydrogens is 271 g/mol. The minimum atomic E-state index is -4.52. The molecule has 8 heteroatoms. The molecular formula is C10H18F3NO3S. The number of carbonyl (C=O) groups is 1. The molecule has 0 aliphatic rings. The van der Waals surface area contributed by atoms with Crippen LogP contribution in [-0.4, -0.2) is 50.0 Å². The van der Waals surface area contributed by atoms with Crippen LogP contribution in [0, 0.1) is 5.92 Å². The Labute approximate surface area is 105 Å². The molecule has 0 aliphatic carbocycles. The number of halogens is 3. The quantitative estimate of drug-likeness (QED) is 0.744. The lowest BCUT2D eigenvalue weighted by molar-refractivity contribution is -0.159. The molecule has 4 nitrogen and oxygen atoms in total. The van der Waals surface area contributed by atoms with Gasteiger partial charge in [0, 0.05) is 6.54 Å². The first kappa shape index (κ1) is 17.2. The molecule has 0 aromatic rings. The summed E-state index contributed by atoms with van der Waals surface area (Å²) in [5.41, 5.74) is 0. The van der Waals surface area contributed by atoms with Gasteiger partial charge >= 0.3 is 6.18 Å². The van der Waals surface area contributed by atoms with Gasteiger partial charge < -0.3 is 4.90 Å². The van der Waals surface area contributed by atoms with E-state index in [4.69, 9.17) is 0 Å². The molecule has 18 heavy (non-hydrogen) atoms. The summed E-state index contributed by atoms with van der Waals surface area (Å²) in [7, 11) is -3.65. The predicted octanol–water partition coefficient (Wildman–Crippen LogP) is 1.47. The highest BCUT2D eigenvalue weighted by molar-refractivity contribution is 7.92. The van der Waals surface area contributed by atoms with Crippen molar-refractivity contribution in [3.63, 3.8) is 0 Å². The average Bonchev–Trinajstić information content (AvgIpc) is 2.09. The lowest BCUT2D eigenvalue weighted by atomic mass is 10.3. The second-order valence-corrected chi connectivity index (χ2v) is 6.58. The van der Waals surface area contributed by atoms with Crippen LogP contribution in [0.25, 0.3) is 0 Å². The Kier molecular flexibility index (Phi) is 6.12. The van der Waals surface area contributed by atoms with Crippen LogP contribution in [0.1, 0.15) is 20.8 Å². The summed E-state index contributed by atoms with van der Waals surface area (Å²) in [4.78, 5) is 12.0. The van der Waals surface area contributed by atoms with Gasteiger partial charge in [-0.2, -0.15) is 13.2 Å². The molecule has 0 saturated carbocycles. The number of carbonyl (C=O) groups excluding carboxylic acids is 1. The van der Waals surface area contributed by atoms with Crippen molar-refractivity contribution in [2.45, 2.75) is 26.9 Å². The monoisotopic (exact) mass is 289 g/mol. The molecule has 0 heterocycles. The maximum Gasteiger partial charge on any atom is 0.406 e. The zero-order chi connectivity index (χ0) is 14.6. The Morgan fingerprint density at radius 3 is 2.11 bits per heavy atom. The van der Waals surface area contributed by atoms with Crippen LogP contribution < -0.4 is 0 Å². The fourth-order valence-corrected chi connectivity index (χ4v) is 3.13. The third-order valence-electron chi connectivity index (χ3n) is 2.04. The standard InChI is InChI=1S/C10H18F3NO3S/c1-4-14(7-10(11,12)13)9(15)6-18(16,17)5-8(2)3/h8H,4-7H2,1-3H3. The van der Waals surface area contributed by atoms with Crippen molar-refractivity contribution in [1.29, 1.82) is 0 Å². The van der Waals surface area contributed by atoms with Gasteiger partial charge in [-0.15, -0.1) is 0 Å². The summed E-state index contributed by atoms with van der Waals surface area (Å²) in [6.07, 6.45) is -4.52. The van der Waals surface area contributed by atoms with Gasteiger partial charge in [-0.25, -0.2) is 8.42 Å². The summed E-state index contributed by atoms with van der Waals surface area (Å²) >= 11 is 0.